The van der Waals surface area contributed by atoms with Crippen LogP contribution < -0.4 is 5.32 Å². The second-order valence-corrected chi connectivity index (χ2v) is 7.59. The lowest BCUT2D eigenvalue weighted by Gasteiger charge is -2.31. The highest BCUT2D eigenvalue weighted by molar-refractivity contribution is 5.99. The second-order valence-electron chi connectivity index (χ2n) is 7.59. The molecule has 1 fully saturated rings. The van der Waals surface area contributed by atoms with Crippen LogP contribution in [0.3, 0.4) is 0 Å². The Balaban J connectivity index is 1.50. The molecule has 1 saturated heterocycles. The minimum Gasteiger partial charge on any atom is -0.450 e. The van der Waals surface area contributed by atoms with Crippen LogP contribution in [0.2, 0.25) is 0 Å². The molecule has 1 N–H and O–H groups in total. The van der Waals surface area contributed by atoms with E-state index >= 15 is 0 Å². The number of piperidine rings is 1. The number of para-hydroxylation sites is 1. The van der Waals surface area contributed by atoms with Crippen LogP contribution in [-0.2, 0) is 11.3 Å². The fraction of sp³-hybridized carbons (Fsp3) is 0.333. The Morgan fingerprint density at radius 1 is 1.03 bits per heavy atom. The maximum atomic E-state index is 13.2. The molecule has 0 spiro atoms. The lowest BCUT2D eigenvalue weighted by Crippen LogP contribution is -2.47. The third-order valence-corrected chi connectivity index (χ3v) is 5.58. The SMILES string of the molecule is CCOC(=O)N1CCC(NC(=O)c2cc3ccccc3n2Cc2ccccc2)CC1. The molecule has 1 aliphatic rings. The first-order valence-electron chi connectivity index (χ1n) is 10.5. The second kappa shape index (κ2) is 9.03. The largest absolute Gasteiger partial charge is 0.450 e. The third-order valence-electron chi connectivity index (χ3n) is 5.58. The van der Waals surface area contributed by atoms with Crippen LogP contribution in [0, 0.1) is 0 Å². The Labute approximate surface area is 176 Å². The number of hydrogen-bond donors (Lipinski definition) is 1. The highest BCUT2D eigenvalue weighted by atomic mass is 16.6. The number of ether oxygens (including phenoxy) is 1. The first-order valence-corrected chi connectivity index (χ1v) is 10.5. The number of hydrogen-bond acceptors (Lipinski definition) is 3. The van der Waals surface area contributed by atoms with Gasteiger partial charge in [-0.15, -0.1) is 0 Å². The van der Waals surface area contributed by atoms with Crippen molar-refractivity contribution in [2.24, 2.45) is 0 Å². The van der Waals surface area contributed by atoms with Crippen LogP contribution in [0.5, 0.6) is 0 Å². The fourth-order valence-electron chi connectivity index (χ4n) is 4.02. The van der Waals surface area contributed by atoms with Crippen LogP contribution >= 0.6 is 0 Å². The summed E-state index contributed by atoms with van der Waals surface area (Å²) in [5.41, 5.74) is 2.85. The number of nitrogens with zero attached hydrogens (tertiary/aromatic N) is 2. The van der Waals surface area contributed by atoms with E-state index in [-0.39, 0.29) is 18.0 Å². The van der Waals surface area contributed by atoms with Gasteiger partial charge < -0.3 is 19.5 Å². The lowest BCUT2D eigenvalue weighted by molar-refractivity contribution is 0.0854. The molecule has 2 amide bonds. The zero-order valence-electron chi connectivity index (χ0n) is 17.2. The summed E-state index contributed by atoms with van der Waals surface area (Å²) >= 11 is 0. The van der Waals surface area contributed by atoms with Gasteiger partial charge in [0, 0.05) is 36.6 Å². The van der Waals surface area contributed by atoms with Gasteiger partial charge in [-0.05, 0) is 37.5 Å². The molecule has 3 aromatic rings. The Morgan fingerprint density at radius 2 is 1.73 bits per heavy atom. The summed E-state index contributed by atoms with van der Waals surface area (Å²) in [5, 5.41) is 4.23. The maximum Gasteiger partial charge on any atom is 0.409 e. The quantitative estimate of drug-likeness (QED) is 0.697. The van der Waals surface area contributed by atoms with E-state index < -0.39 is 0 Å². The van der Waals surface area contributed by atoms with Crippen molar-refractivity contribution in [1.82, 2.24) is 14.8 Å². The summed E-state index contributed by atoms with van der Waals surface area (Å²) in [6.07, 6.45) is 1.18. The van der Waals surface area contributed by atoms with Gasteiger partial charge in [0.05, 0.1) is 6.61 Å². The molecule has 6 nitrogen and oxygen atoms in total. The summed E-state index contributed by atoms with van der Waals surface area (Å²) in [7, 11) is 0. The average molecular weight is 405 g/mol. The fourth-order valence-corrected chi connectivity index (χ4v) is 4.02. The topological polar surface area (TPSA) is 63.6 Å². The van der Waals surface area contributed by atoms with Gasteiger partial charge in [-0.1, -0.05) is 48.5 Å². The van der Waals surface area contributed by atoms with E-state index in [1.807, 2.05) is 48.5 Å². The van der Waals surface area contributed by atoms with Crippen molar-refractivity contribution in [3.05, 3.63) is 71.9 Å². The Morgan fingerprint density at radius 3 is 2.47 bits per heavy atom. The predicted molar refractivity (Wildman–Crippen MR) is 117 cm³/mol. The van der Waals surface area contributed by atoms with Crippen molar-refractivity contribution >= 4 is 22.9 Å². The molecule has 6 heteroatoms. The zero-order chi connectivity index (χ0) is 20.9. The Hall–Kier alpha value is -3.28. The molecule has 156 valence electrons. The van der Waals surface area contributed by atoms with Crippen molar-refractivity contribution in [3.63, 3.8) is 0 Å². The molecule has 1 aliphatic heterocycles. The van der Waals surface area contributed by atoms with Gasteiger partial charge >= 0.3 is 6.09 Å². The van der Waals surface area contributed by atoms with Crippen molar-refractivity contribution in [2.45, 2.75) is 32.4 Å². The van der Waals surface area contributed by atoms with Crippen LogP contribution in [-0.4, -0.2) is 47.2 Å². The van der Waals surface area contributed by atoms with E-state index in [1.54, 1.807) is 11.8 Å². The normalized spacial score (nSPS) is 14.6. The molecular formula is C24H27N3O3. The van der Waals surface area contributed by atoms with Crippen LogP contribution in [0.4, 0.5) is 4.79 Å². The molecule has 4 rings (SSSR count). The Kier molecular flexibility index (Phi) is 6.02. The molecule has 0 atom stereocenters. The molecule has 1 aromatic heterocycles. The van der Waals surface area contributed by atoms with Crippen molar-refractivity contribution in [2.75, 3.05) is 19.7 Å². The van der Waals surface area contributed by atoms with E-state index in [9.17, 15) is 9.59 Å². The summed E-state index contributed by atoms with van der Waals surface area (Å²) in [4.78, 5) is 26.8. The summed E-state index contributed by atoms with van der Waals surface area (Å²) in [6.45, 7) is 4.01. The number of benzene rings is 2. The molecule has 0 bridgehead atoms. The molecule has 0 radical (unpaired) electrons. The number of carbonyl (C=O) groups is 2. The van der Waals surface area contributed by atoms with Gasteiger partial charge in [0.1, 0.15) is 5.69 Å². The van der Waals surface area contributed by atoms with Gasteiger partial charge in [-0.3, -0.25) is 4.79 Å². The minimum absolute atomic E-state index is 0.0476. The molecule has 0 aliphatic carbocycles. The van der Waals surface area contributed by atoms with E-state index in [0.29, 0.717) is 31.9 Å². The first-order chi connectivity index (χ1) is 14.7. The number of fused-ring (bicyclic) bond motifs is 1. The monoisotopic (exact) mass is 405 g/mol. The highest BCUT2D eigenvalue weighted by Crippen LogP contribution is 2.22. The maximum absolute atomic E-state index is 13.2. The molecule has 2 aromatic carbocycles. The van der Waals surface area contributed by atoms with Gasteiger partial charge in [0.25, 0.3) is 5.91 Å². The summed E-state index contributed by atoms with van der Waals surface area (Å²) < 4.78 is 7.15. The van der Waals surface area contributed by atoms with Crippen LogP contribution in [0.1, 0.15) is 35.8 Å². The summed E-state index contributed by atoms with van der Waals surface area (Å²) in [5.74, 6) is -0.0725. The molecule has 0 unspecified atom stereocenters. The van der Waals surface area contributed by atoms with E-state index in [4.69, 9.17) is 4.74 Å². The number of carbonyl (C=O) groups excluding carboxylic acids is 2. The number of amides is 2. The first kappa shape index (κ1) is 20.0. The molecule has 0 saturated carbocycles. The minimum atomic E-state index is -0.273. The average Bonchev–Trinajstić information content (AvgIpc) is 3.14. The van der Waals surface area contributed by atoms with Crippen molar-refractivity contribution < 1.29 is 14.3 Å². The van der Waals surface area contributed by atoms with Gasteiger partial charge in [0.2, 0.25) is 0 Å². The lowest BCUT2D eigenvalue weighted by atomic mass is 10.1. The number of likely N-dealkylation sites (tertiary alicyclic amines) is 1. The third kappa shape index (κ3) is 4.32. The zero-order valence-corrected chi connectivity index (χ0v) is 17.2. The summed E-state index contributed by atoms with van der Waals surface area (Å²) in [6, 6.07) is 20.2. The van der Waals surface area contributed by atoms with E-state index in [0.717, 1.165) is 29.3 Å². The molecule has 30 heavy (non-hydrogen) atoms. The number of nitrogens with one attached hydrogen (secondary N) is 1. The van der Waals surface area contributed by atoms with E-state index in [2.05, 4.69) is 22.0 Å². The predicted octanol–water partition coefficient (Wildman–Crippen LogP) is 4.04. The molecular weight excluding hydrogens is 378 g/mol. The van der Waals surface area contributed by atoms with Crippen LogP contribution in [0.25, 0.3) is 10.9 Å². The van der Waals surface area contributed by atoms with Gasteiger partial charge in [-0.25, -0.2) is 4.79 Å². The van der Waals surface area contributed by atoms with Gasteiger partial charge in [-0.2, -0.15) is 0 Å². The van der Waals surface area contributed by atoms with Crippen molar-refractivity contribution in [1.29, 1.82) is 0 Å². The highest BCUT2D eigenvalue weighted by Gasteiger charge is 2.26. The standard InChI is InChI=1S/C24H27N3O3/c1-2-30-24(29)26-14-12-20(13-15-26)25-23(28)22-16-19-10-6-7-11-21(19)27(22)17-18-8-4-3-5-9-18/h3-11,16,20H,2,12-15,17H2,1H3,(H,25,28). The van der Waals surface area contributed by atoms with Crippen molar-refractivity contribution in [3.8, 4) is 0 Å². The molecule has 2 heterocycles. The smallest absolute Gasteiger partial charge is 0.409 e. The van der Waals surface area contributed by atoms with Gasteiger partial charge in [0.15, 0.2) is 0 Å². The Bertz CT molecular complexity index is 1020. The number of aromatic nitrogens is 1. The van der Waals surface area contributed by atoms with Crippen LogP contribution in [0.15, 0.2) is 60.7 Å². The van der Waals surface area contributed by atoms with E-state index in [1.165, 1.54) is 0 Å². The number of rotatable bonds is 5.